The SMILES string of the molecule is O=C(NC1CC1)c1cccc(C2=CC3CCC(C2)N3Br)n1. The van der Waals surface area contributed by atoms with Gasteiger partial charge in [-0.3, -0.25) is 4.79 Å². The lowest BCUT2D eigenvalue weighted by atomic mass is 10.00. The Morgan fingerprint density at radius 3 is 2.90 bits per heavy atom. The summed E-state index contributed by atoms with van der Waals surface area (Å²) < 4.78 is 2.28. The molecule has 0 spiro atoms. The summed E-state index contributed by atoms with van der Waals surface area (Å²) in [5.74, 6) is -0.0409. The topological polar surface area (TPSA) is 45.2 Å². The van der Waals surface area contributed by atoms with Crippen molar-refractivity contribution in [1.29, 1.82) is 0 Å². The molecule has 4 nitrogen and oxygen atoms in total. The molecule has 1 N–H and O–H groups in total. The number of rotatable bonds is 3. The van der Waals surface area contributed by atoms with Crippen molar-refractivity contribution in [3.8, 4) is 0 Å². The van der Waals surface area contributed by atoms with Gasteiger partial charge in [-0.2, -0.15) is 0 Å². The summed E-state index contributed by atoms with van der Waals surface area (Å²) in [5, 5.41) is 3.00. The number of pyridine rings is 1. The highest BCUT2D eigenvalue weighted by Gasteiger charge is 2.35. The van der Waals surface area contributed by atoms with E-state index in [2.05, 4.69) is 36.4 Å². The van der Waals surface area contributed by atoms with Gasteiger partial charge >= 0.3 is 0 Å². The monoisotopic (exact) mass is 347 g/mol. The summed E-state index contributed by atoms with van der Waals surface area (Å²) in [7, 11) is 0. The van der Waals surface area contributed by atoms with E-state index >= 15 is 0 Å². The fourth-order valence-corrected chi connectivity index (χ4v) is 3.87. The van der Waals surface area contributed by atoms with E-state index in [4.69, 9.17) is 0 Å². The first-order valence-corrected chi connectivity index (χ1v) is 8.35. The Kier molecular flexibility index (Phi) is 3.34. The molecule has 2 fully saturated rings. The zero-order chi connectivity index (χ0) is 14.4. The fourth-order valence-electron chi connectivity index (χ4n) is 3.20. The van der Waals surface area contributed by atoms with Crippen LogP contribution in [0, 0.1) is 0 Å². The van der Waals surface area contributed by atoms with Crippen molar-refractivity contribution in [3.63, 3.8) is 0 Å². The number of aromatic nitrogens is 1. The molecule has 4 rings (SSSR count). The Labute approximate surface area is 133 Å². The zero-order valence-corrected chi connectivity index (χ0v) is 13.3. The van der Waals surface area contributed by atoms with Gasteiger partial charge in [0.15, 0.2) is 0 Å². The lowest BCUT2D eigenvalue weighted by Crippen LogP contribution is -2.30. The average Bonchev–Trinajstić information content (AvgIpc) is 3.28. The molecule has 21 heavy (non-hydrogen) atoms. The molecule has 0 radical (unpaired) electrons. The van der Waals surface area contributed by atoms with Crippen molar-refractivity contribution >= 4 is 27.6 Å². The van der Waals surface area contributed by atoms with Gasteiger partial charge in [-0.15, -0.1) is 0 Å². The molecule has 5 heteroatoms. The van der Waals surface area contributed by atoms with Crippen molar-refractivity contribution < 1.29 is 4.79 Å². The van der Waals surface area contributed by atoms with Crippen molar-refractivity contribution in [1.82, 2.24) is 14.2 Å². The van der Waals surface area contributed by atoms with Crippen LogP contribution in [0.2, 0.25) is 0 Å². The number of hydrogen-bond donors (Lipinski definition) is 1. The molecule has 2 aliphatic heterocycles. The summed E-state index contributed by atoms with van der Waals surface area (Å²) >= 11 is 3.66. The Bertz CT molecular complexity index is 611. The van der Waals surface area contributed by atoms with Crippen LogP contribution in [0.4, 0.5) is 0 Å². The molecule has 3 aliphatic rings. The minimum Gasteiger partial charge on any atom is -0.348 e. The van der Waals surface area contributed by atoms with Crippen LogP contribution in [0.5, 0.6) is 0 Å². The molecular formula is C16H18BrN3O. The van der Waals surface area contributed by atoms with Crippen LogP contribution in [-0.4, -0.2) is 32.9 Å². The molecule has 2 bridgehead atoms. The zero-order valence-electron chi connectivity index (χ0n) is 11.8. The molecule has 1 aliphatic carbocycles. The van der Waals surface area contributed by atoms with E-state index in [1.54, 1.807) is 6.07 Å². The number of hydrogen-bond acceptors (Lipinski definition) is 3. The molecule has 2 atom stereocenters. The van der Waals surface area contributed by atoms with Gasteiger partial charge < -0.3 is 5.32 Å². The maximum atomic E-state index is 12.1. The number of carbonyl (C=O) groups is 1. The number of carbonyl (C=O) groups excluding carboxylic acids is 1. The van der Waals surface area contributed by atoms with Crippen LogP contribution in [0.15, 0.2) is 24.3 Å². The summed E-state index contributed by atoms with van der Waals surface area (Å²) in [4.78, 5) is 16.7. The van der Waals surface area contributed by atoms with Crippen LogP contribution in [0.25, 0.3) is 5.57 Å². The van der Waals surface area contributed by atoms with Gasteiger partial charge in [0.25, 0.3) is 5.91 Å². The highest BCUT2D eigenvalue weighted by Crippen LogP contribution is 2.39. The lowest BCUT2D eigenvalue weighted by molar-refractivity contribution is 0.0946. The van der Waals surface area contributed by atoms with Gasteiger partial charge in [0.2, 0.25) is 0 Å². The quantitative estimate of drug-likeness (QED) is 0.855. The number of fused-ring (bicyclic) bond motifs is 2. The smallest absolute Gasteiger partial charge is 0.270 e. The Hall–Kier alpha value is -1.20. The third-order valence-corrected chi connectivity index (χ3v) is 5.64. The molecule has 110 valence electrons. The van der Waals surface area contributed by atoms with Crippen LogP contribution >= 0.6 is 16.1 Å². The summed E-state index contributed by atoms with van der Waals surface area (Å²) in [5.41, 5.74) is 2.77. The van der Waals surface area contributed by atoms with E-state index < -0.39 is 0 Å². The maximum absolute atomic E-state index is 12.1. The molecule has 1 amide bonds. The van der Waals surface area contributed by atoms with Crippen molar-refractivity contribution in [2.45, 2.75) is 50.2 Å². The highest BCUT2D eigenvalue weighted by molar-refractivity contribution is 9.07. The molecule has 1 saturated heterocycles. The van der Waals surface area contributed by atoms with E-state index in [0.717, 1.165) is 25.0 Å². The lowest BCUT2D eigenvalue weighted by Gasteiger charge is -2.28. The largest absolute Gasteiger partial charge is 0.348 e. The Morgan fingerprint density at radius 1 is 1.29 bits per heavy atom. The third-order valence-electron chi connectivity index (χ3n) is 4.53. The van der Waals surface area contributed by atoms with Crippen LogP contribution in [0.3, 0.4) is 0 Å². The van der Waals surface area contributed by atoms with Gasteiger partial charge in [-0.05, 0) is 49.8 Å². The standard InChI is InChI=1S/C16H18BrN3O/c17-20-12-6-7-13(20)9-10(8-12)14-2-1-3-15(19-14)16(21)18-11-4-5-11/h1-3,8,11-13H,4-7,9H2,(H,18,21). The Morgan fingerprint density at radius 2 is 2.14 bits per heavy atom. The molecule has 1 aromatic rings. The Balaban J connectivity index is 1.58. The number of amides is 1. The van der Waals surface area contributed by atoms with Gasteiger partial charge in [0.05, 0.1) is 5.69 Å². The minimum absolute atomic E-state index is 0.0409. The predicted octanol–water partition coefficient (Wildman–Crippen LogP) is 2.90. The number of nitrogens with one attached hydrogen (secondary N) is 1. The second kappa shape index (κ2) is 5.21. The predicted molar refractivity (Wildman–Crippen MR) is 84.9 cm³/mol. The molecular weight excluding hydrogens is 330 g/mol. The third kappa shape index (κ3) is 2.64. The summed E-state index contributed by atoms with van der Waals surface area (Å²) in [6, 6.07) is 7.15. The van der Waals surface area contributed by atoms with Gasteiger partial charge in [0.1, 0.15) is 5.69 Å². The second-order valence-corrected chi connectivity index (χ2v) is 7.01. The van der Waals surface area contributed by atoms with Crippen LogP contribution < -0.4 is 5.32 Å². The van der Waals surface area contributed by atoms with Crippen molar-refractivity contribution in [3.05, 3.63) is 35.7 Å². The molecule has 3 heterocycles. The van der Waals surface area contributed by atoms with E-state index in [0.29, 0.717) is 23.8 Å². The van der Waals surface area contributed by atoms with Crippen molar-refractivity contribution in [2.24, 2.45) is 0 Å². The normalized spacial score (nSPS) is 28.3. The maximum Gasteiger partial charge on any atom is 0.270 e. The first-order chi connectivity index (χ1) is 10.2. The summed E-state index contributed by atoms with van der Waals surface area (Å²) in [6.45, 7) is 0. The van der Waals surface area contributed by atoms with E-state index in [9.17, 15) is 4.79 Å². The van der Waals surface area contributed by atoms with Crippen LogP contribution in [0.1, 0.15) is 48.3 Å². The van der Waals surface area contributed by atoms with Gasteiger partial charge in [0, 0.05) is 34.3 Å². The minimum atomic E-state index is -0.0409. The molecule has 0 aromatic carbocycles. The highest BCUT2D eigenvalue weighted by atomic mass is 79.9. The fraction of sp³-hybridized carbons (Fsp3) is 0.500. The molecule has 1 saturated carbocycles. The number of nitrogens with zero attached hydrogens (tertiary/aromatic N) is 2. The number of halogens is 1. The van der Waals surface area contributed by atoms with Crippen LogP contribution in [-0.2, 0) is 0 Å². The van der Waals surface area contributed by atoms with E-state index in [1.807, 2.05) is 12.1 Å². The second-order valence-electron chi connectivity index (χ2n) is 6.19. The summed E-state index contributed by atoms with van der Waals surface area (Å²) in [6.07, 6.45) is 7.91. The van der Waals surface area contributed by atoms with Crippen molar-refractivity contribution in [2.75, 3.05) is 0 Å². The first kappa shape index (κ1) is 13.5. The van der Waals surface area contributed by atoms with E-state index in [1.165, 1.54) is 18.4 Å². The molecule has 1 aromatic heterocycles. The van der Waals surface area contributed by atoms with Gasteiger partial charge in [-0.25, -0.2) is 8.91 Å². The average molecular weight is 348 g/mol. The first-order valence-electron chi connectivity index (χ1n) is 7.64. The van der Waals surface area contributed by atoms with E-state index in [-0.39, 0.29) is 5.91 Å². The molecule has 2 unspecified atom stereocenters. The van der Waals surface area contributed by atoms with Gasteiger partial charge in [-0.1, -0.05) is 12.1 Å².